The van der Waals surface area contributed by atoms with Gasteiger partial charge in [-0.15, -0.1) is 0 Å². The highest BCUT2D eigenvalue weighted by atomic mass is 16.3. The van der Waals surface area contributed by atoms with Gasteiger partial charge < -0.3 is 10.4 Å². The number of amides is 1. The van der Waals surface area contributed by atoms with Crippen LogP contribution in [-0.4, -0.2) is 25.9 Å². The number of benzene rings is 2. The van der Waals surface area contributed by atoms with Crippen molar-refractivity contribution in [1.82, 2.24) is 20.2 Å². The van der Waals surface area contributed by atoms with E-state index >= 15 is 0 Å². The van der Waals surface area contributed by atoms with E-state index in [1.165, 1.54) is 11.1 Å². The molecule has 2 atom stereocenters. The molecule has 0 saturated carbocycles. The quantitative estimate of drug-likeness (QED) is 0.219. The number of carbonyl (C=O) groups is 1. The second-order valence-corrected chi connectivity index (χ2v) is 11.5. The average molecular weight is 563 g/mol. The van der Waals surface area contributed by atoms with Gasteiger partial charge >= 0.3 is 0 Å². The number of aliphatic hydroxyl groups excluding tert-OH is 1. The second kappa shape index (κ2) is 13.9. The van der Waals surface area contributed by atoms with Crippen molar-refractivity contribution in [3.63, 3.8) is 0 Å². The zero-order valence-corrected chi connectivity index (χ0v) is 25.0. The van der Waals surface area contributed by atoms with Crippen LogP contribution in [0.25, 0.3) is 0 Å². The molecule has 1 aliphatic rings. The van der Waals surface area contributed by atoms with E-state index in [-0.39, 0.29) is 24.5 Å². The largest absolute Gasteiger partial charge is 0.392 e. The zero-order chi connectivity index (χ0) is 29.5. The molecule has 0 unspecified atom stereocenters. The van der Waals surface area contributed by atoms with Gasteiger partial charge in [-0.3, -0.25) is 19.7 Å². The van der Waals surface area contributed by atoms with Gasteiger partial charge in [0.15, 0.2) is 0 Å². The summed E-state index contributed by atoms with van der Waals surface area (Å²) in [4.78, 5) is 25.1. The van der Waals surface area contributed by atoms with E-state index in [9.17, 15) is 9.90 Å². The van der Waals surface area contributed by atoms with E-state index in [0.717, 1.165) is 64.9 Å². The minimum absolute atomic E-state index is 0.0222. The third kappa shape index (κ3) is 6.94. The highest BCUT2D eigenvalue weighted by Crippen LogP contribution is 2.35. The van der Waals surface area contributed by atoms with Crippen LogP contribution in [0.4, 0.5) is 0 Å². The molecule has 6 nitrogen and oxygen atoms in total. The van der Waals surface area contributed by atoms with Crippen LogP contribution in [0, 0.1) is 13.8 Å². The Morgan fingerprint density at radius 3 is 2.62 bits per heavy atom. The van der Waals surface area contributed by atoms with Gasteiger partial charge in [0, 0.05) is 32.0 Å². The lowest BCUT2D eigenvalue weighted by Crippen LogP contribution is -2.32. The molecule has 218 valence electrons. The first-order valence-corrected chi connectivity index (χ1v) is 15.1. The molecule has 1 amide bonds. The highest BCUT2D eigenvalue weighted by molar-refractivity contribution is 5.83. The van der Waals surface area contributed by atoms with Gasteiger partial charge in [0.05, 0.1) is 30.0 Å². The average Bonchev–Trinajstić information content (AvgIpc) is 3.02. The first kappa shape index (κ1) is 29.6. The maximum Gasteiger partial charge on any atom is 0.227 e. The SMILES string of the molecule is CC[C@@H](C(=O)NCc1ccc(CN(Cc2ncc(C)cc2C)[C@H]2CCCc3cccnc32)c(CO)c1)c1ccccc1. The zero-order valence-electron chi connectivity index (χ0n) is 25.0. The molecular weight excluding hydrogens is 520 g/mol. The predicted molar refractivity (Wildman–Crippen MR) is 167 cm³/mol. The lowest BCUT2D eigenvalue weighted by Gasteiger charge is -2.35. The molecule has 0 radical (unpaired) electrons. The van der Waals surface area contributed by atoms with Crippen LogP contribution in [0.15, 0.2) is 79.1 Å². The second-order valence-electron chi connectivity index (χ2n) is 11.5. The number of nitrogens with zero attached hydrogens (tertiary/aromatic N) is 3. The van der Waals surface area contributed by atoms with Crippen LogP contribution in [-0.2, 0) is 37.5 Å². The standard InChI is InChI=1S/C36H42N4O2/c1-4-32(28-10-6-5-7-11-28)36(42)39-21-27-15-16-30(31(19-27)24-41)22-40(23-33-26(3)18-25(2)20-38-33)34-14-8-12-29-13-9-17-37-35(29)34/h5-7,9-11,13,15-20,32,34,41H,4,8,12,14,21-24H2,1-3H3,(H,39,42)/t32-,34+/m1/s1. The Balaban J connectivity index is 1.37. The Kier molecular flexibility index (Phi) is 9.78. The number of rotatable bonds is 11. The first-order chi connectivity index (χ1) is 20.5. The predicted octanol–water partition coefficient (Wildman–Crippen LogP) is 6.48. The maximum absolute atomic E-state index is 13.0. The van der Waals surface area contributed by atoms with Crippen molar-refractivity contribution in [2.45, 2.75) is 84.7 Å². The Labute approximate surface area is 249 Å². The minimum Gasteiger partial charge on any atom is -0.392 e. The summed E-state index contributed by atoms with van der Waals surface area (Å²) in [5, 5.41) is 13.5. The van der Waals surface area contributed by atoms with Crippen LogP contribution in [0.3, 0.4) is 0 Å². The molecule has 0 bridgehead atoms. The number of aromatic nitrogens is 2. The molecule has 6 heteroatoms. The minimum atomic E-state index is -0.179. The third-order valence-corrected chi connectivity index (χ3v) is 8.49. The van der Waals surface area contributed by atoms with Gasteiger partial charge in [0.25, 0.3) is 0 Å². The fraction of sp³-hybridized carbons (Fsp3) is 0.361. The molecule has 1 aliphatic carbocycles. The summed E-state index contributed by atoms with van der Waals surface area (Å²) in [5.74, 6) is -0.156. The number of pyridine rings is 2. The van der Waals surface area contributed by atoms with Crippen LogP contribution in [0.2, 0.25) is 0 Å². The smallest absolute Gasteiger partial charge is 0.227 e. The fourth-order valence-corrected chi connectivity index (χ4v) is 6.20. The van der Waals surface area contributed by atoms with Crippen LogP contribution in [0.1, 0.15) is 88.5 Å². The van der Waals surface area contributed by atoms with Crippen LogP contribution in [0.5, 0.6) is 0 Å². The molecule has 2 heterocycles. The molecule has 2 aromatic heterocycles. The molecule has 0 spiro atoms. The van der Waals surface area contributed by atoms with Crippen molar-refractivity contribution in [3.05, 3.63) is 129 Å². The summed E-state index contributed by atoms with van der Waals surface area (Å²) in [6, 6.07) is 22.7. The number of aliphatic hydroxyl groups is 1. The number of nitrogens with one attached hydrogen (secondary N) is 1. The van der Waals surface area contributed by atoms with Crippen LogP contribution >= 0.6 is 0 Å². The van der Waals surface area contributed by atoms with E-state index in [4.69, 9.17) is 9.97 Å². The van der Waals surface area contributed by atoms with Gasteiger partial charge in [0.1, 0.15) is 0 Å². The van der Waals surface area contributed by atoms with E-state index in [0.29, 0.717) is 19.6 Å². The number of fused-ring (bicyclic) bond motifs is 1. The Hall–Kier alpha value is -3.87. The van der Waals surface area contributed by atoms with Gasteiger partial charge in [-0.25, -0.2) is 0 Å². The monoisotopic (exact) mass is 562 g/mol. The van der Waals surface area contributed by atoms with Crippen molar-refractivity contribution in [3.8, 4) is 0 Å². The molecule has 2 N–H and O–H groups in total. The summed E-state index contributed by atoms with van der Waals surface area (Å²) in [7, 11) is 0. The van der Waals surface area contributed by atoms with E-state index in [2.05, 4.69) is 48.3 Å². The topological polar surface area (TPSA) is 78.4 Å². The normalized spacial score (nSPS) is 15.3. The summed E-state index contributed by atoms with van der Waals surface area (Å²) >= 11 is 0. The van der Waals surface area contributed by atoms with E-state index in [1.54, 1.807) is 0 Å². The molecule has 2 aromatic carbocycles. The number of hydrogen-bond donors (Lipinski definition) is 2. The molecule has 4 aromatic rings. The third-order valence-electron chi connectivity index (χ3n) is 8.49. The molecule has 5 rings (SSSR count). The number of aryl methyl sites for hydroxylation is 3. The summed E-state index contributed by atoms with van der Waals surface area (Å²) < 4.78 is 0. The summed E-state index contributed by atoms with van der Waals surface area (Å²) in [6.45, 7) is 7.97. The lowest BCUT2D eigenvalue weighted by atomic mass is 9.90. The summed E-state index contributed by atoms with van der Waals surface area (Å²) in [5.41, 5.74) is 9.86. The van der Waals surface area contributed by atoms with Gasteiger partial charge in [-0.1, -0.05) is 67.6 Å². The Morgan fingerprint density at radius 2 is 1.86 bits per heavy atom. The molecule has 0 saturated heterocycles. The number of hydrogen-bond acceptors (Lipinski definition) is 5. The Bertz CT molecular complexity index is 1500. The first-order valence-electron chi connectivity index (χ1n) is 15.1. The lowest BCUT2D eigenvalue weighted by molar-refractivity contribution is -0.122. The van der Waals surface area contributed by atoms with E-state index < -0.39 is 0 Å². The maximum atomic E-state index is 13.0. The molecule has 0 fully saturated rings. The van der Waals surface area contributed by atoms with Crippen LogP contribution < -0.4 is 5.32 Å². The molecule has 42 heavy (non-hydrogen) atoms. The van der Waals surface area contributed by atoms with Gasteiger partial charge in [0.2, 0.25) is 5.91 Å². The van der Waals surface area contributed by atoms with Gasteiger partial charge in [-0.05, 0) is 84.5 Å². The van der Waals surface area contributed by atoms with Crippen molar-refractivity contribution in [1.29, 1.82) is 0 Å². The van der Waals surface area contributed by atoms with Crippen molar-refractivity contribution < 1.29 is 9.90 Å². The summed E-state index contributed by atoms with van der Waals surface area (Å²) in [6.07, 6.45) is 7.78. The number of carbonyl (C=O) groups excluding carboxylic acids is 1. The molecule has 0 aliphatic heterocycles. The highest BCUT2D eigenvalue weighted by Gasteiger charge is 2.28. The van der Waals surface area contributed by atoms with Crippen molar-refractivity contribution in [2.24, 2.45) is 0 Å². The Morgan fingerprint density at radius 1 is 1.02 bits per heavy atom. The van der Waals surface area contributed by atoms with Gasteiger partial charge in [-0.2, -0.15) is 0 Å². The van der Waals surface area contributed by atoms with Crippen molar-refractivity contribution >= 4 is 5.91 Å². The van der Waals surface area contributed by atoms with Crippen molar-refractivity contribution in [2.75, 3.05) is 0 Å². The van der Waals surface area contributed by atoms with E-state index in [1.807, 2.05) is 61.8 Å². The molecular formula is C36H42N4O2. The fourth-order valence-electron chi connectivity index (χ4n) is 6.20.